The molecule has 1 heterocycles. The molecule has 0 fully saturated rings. The van der Waals surface area contributed by atoms with Crippen molar-refractivity contribution in [3.63, 3.8) is 0 Å². The summed E-state index contributed by atoms with van der Waals surface area (Å²) >= 11 is 6.15. The van der Waals surface area contributed by atoms with Crippen LogP contribution >= 0.6 is 23.4 Å². The number of nitro groups is 1. The Labute approximate surface area is 135 Å². The summed E-state index contributed by atoms with van der Waals surface area (Å²) in [5.41, 5.74) is -2.35. The van der Waals surface area contributed by atoms with Crippen molar-refractivity contribution >= 4 is 28.5 Å². The Hall–Kier alpha value is -1.69. The van der Waals surface area contributed by atoms with Crippen molar-refractivity contribution in [2.75, 3.05) is 12.8 Å². The SMILES string of the molecule is CSC(=N[N+](=O)[O-])NCC(F)(F)c1ncc(C(F)(F)F)cc1Cl. The van der Waals surface area contributed by atoms with Crippen LogP contribution in [0.5, 0.6) is 0 Å². The van der Waals surface area contributed by atoms with Gasteiger partial charge in [0, 0.05) is 6.20 Å². The van der Waals surface area contributed by atoms with Gasteiger partial charge in [0.15, 0.2) is 5.03 Å². The van der Waals surface area contributed by atoms with Crippen molar-refractivity contribution in [1.82, 2.24) is 10.3 Å². The van der Waals surface area contributed by atoms with Crippen LogP contribution in [-0.4, -0.2) is 28.0 Å². The zero-order valence-corrected chi connectivity index (χ0v) is 12.8. The largest absolute Gasteiger partial charge is 0.417 e. The maximum absolute atomic E-state index is 14.0. The van der Waals surface area contributed by atoms with Gasteiger partial charge in [-0.3, -0.25) is 4.98 Å². The lowest BCUT2D eigenvalue weighted by Crippen LogP contribution is -2.35. The minimum absolute atomic E-state index is 0.232. The molecule has 13 heteroatoms. The van der Waals surface area contributed by atoms with Crippen molar-refractivity contribution in [3.8, 4) is 0 Å². The quantitative estimate of drug-likeness (QED) is 0.286. The molecule has 0 amide bonds. The monoisotopic (exact) mass is 378 g/mol. The van der Waals surface area contributed by atoms with Gasteiger partial charge in [0.1, 0.15) is 5.69 Å². The molecule has 6 nitrogen and oxygen atoms in total. The van der Waals surface area contributed by atoms with Crippen LogP contribution in [0.1, 0.15) is 11.3 Å². The molecule has 1 N–H and O–H groups in total. The fourth-order valence-electron chi connectivity index (χ4n) is 1.35. The number of nitrogens with zero attached hydrogens (tertiary/aromatic N) is 3. The Morgan fingerprint density at radius 2 is 2.09 bits per heavy atom. The summed E-state index contributed by atoms with van der Waals surface area (Å²) in [7, 11) is 0. The zero-order chi connectivity index (χ0) is 17.8. The lowest BCUT2D eigenvalue weighted by molar-refractivity contribution is -0.484. The maximum atomic E-state index is 14.0. The Kier molecular flexibility index (Phi) is 6.11. The standard InChI is InChI=1S/C10H8ClF5N4O2S/c1-23-8(19-20(21)22)18-4-9(12,13)7-6(11)2-5(3-17-7)10(14,15)16/h2-3H,4H2,1H3,(H,18,19). The molecule has 0 aromatic carbocycles. The van der Waals surface area contributed by atoms with Crippen molar-refractivity contribution in [2.45, 2.75) is 12.1 Å². The molecule has 0 spiro atoms. The molecule has 1 rings (SSSR count). The summed E-state index contributed by atoms with van der Waals surface area (Å²) in [6.45, 7) is -1.18. The van der Waals surface area contributed by atoms with E-state index in [1.807, 2.05) is 5.32 Å². The van der Waals surface area contributed by atoms with E-state index in [0.29, 0.717) is 17.8 Å². The highest BCUT2D eigenvalue weighted by molar-refractivity contribution is 8.13. The van der Waals surface area contributed by atoms with Crippen LogP contribution in [0.25, 0.3) is 0 Å². The van der Waals surface area contributed by atoms with Gasteiger partial charge < -0.3 is 5.32 Å². The van der Waals surface area contributed by atoms with E-state index in [9.17, 15) is 32.1 Å². The Morgan fingerprint density at radius 1 is 1.48 bits per heavy atom. The third-order valence-electron chi connectivity index (χ3n) is 2.34. The fourth-order valence-corrected chi connectivity index (χ4v) is 2.02. The second kappa shape index (κ2) is 7.25. The molecule has 0 radical (unpaired) electrons. The van der Waals surface area contributed by atoms with E-state index in [4.69, 9.17) is 11.6 Å². The van der Waals surface area contributed by atoms with Gasteiger partial charge in [-0.15, -0.1) is 0 Å². The number of halogens is 6. The van der Waals surface area contributed by atoms with E-state index in [0.717, 1.165) is 0 Å². The number of pyridine rings is 1. The number of alkyl halides is 5. The van der Waals surface area contributed by atoms with E-state index in [2.05, 4.69) is 10.1 Å². The van der Waals surface area contributed by atoms with Gasteiger partial charge >= 0.3 is 12.1 Å². The van der Waals surface area contributed by atoms with Crippen LogP contribution in [0.4, 0.5) is 22.0 Å². The minimum Gasteiger partial charge on any atom is -0.353 e. The number of hydrazone groups is 1. The lowest BCUT2D eigenvalue weighted by Gasteiger charge is -2.18. The van der Waals surface area contributed by atoms with E-state index < -0.39 is 45.1 Å². The summed E-state index contributed by atoms with van der Waals surface area (Å²) in [6.07, 6.45) is -3.18. The highest BCUT2D eigenvalue weighted by Gasteiger charge is 2.38. The number of thioether (sulfide) groups is 1. The molecule has 0 saturated carbocycles. The molecule has 1 aromatic rings. The van der Waals surface area contributed by atoms with Crippen LogP contribution in [0.15, 0.2) is 17.4 Å². The van der Waals surface area contributed by atoms with Gasteiger partial charge in [0.2, 0.25) is 5.17 Å². The normalized spacial score (nSPS) is 13.1. The number of aromatic nitrogens is 1. The molecule has 1 aromatic heterocycles. The fraction of sp³-hybridized carbons (Fsp3) is 0.400. The number of nitrogens with one attached hydrogen (secondary N) is 1. The number of hydrogen-bond donors (Lipinski definition) is 1. The lowest BCUT2D eigenvalue weighted by atomic mass is 10.1. The zero-order valence-electron chi connectivity index (χ0n) is 11.2. The molecule has 128 valence electrons. The first kappa shape index (κ1) is 19.4. The van der Waals surface area contributed by atoms with Gasteiger partial charge in [-0.25, -0.2) is 10.1 Å². The van der Waals surface area contributed by atoms with Gasteiger partial charge in [-0.2, -0.15) is 22.0 Å². The first-order valence-corrected chi connectivity index (χ1v) is 7.19. The Balaban J connectivity index is 2.98. The first-order valence-electron chi connectivity index (χ1n) is 5.59. The summed E-state index contributed by atoms with van der Waals surface area (Å²) in [6, 6.07) is 0.332. The second-order valence-corrected chi connectivity index (χ2v) is 5.16. The van der Waals surface area contributed by atoms with E-state index in [1.54, 1.807) is 0 Å². The molecule has 0 bridgehead atoms. The van der Waals surface area contributed by atoms with E-state index in [-0.39, 0.29) is 6.20 Å². The molecule has 0 saturated heterocycles. The van der Waals surface area contributed by atoms with Crippen molar-refractivity contribution in [2.24, 2.45) is 5.10 Å². The van der Waals surface area contributed by atoms with Crippen LogP contribution in [0.2, 0.25) is 5.02 Å². The average molecular weight is 379 g/mol. The molecular formula is C10H8ClF5N4O2S. The van der Waals surface area contributed by atoms with Crippen molar-refractivity contribution < 1.29 is 27.0 Å². The van der Waals surface area contributed by atoms with Gasteiger partial charge in [-0.05, 0) is 12.3 Å². The molecule has 0 aliphatic rings. The summed E-state index contributed by atoms with van der Waals surface area (Å²) in [4.78, 5) is 13.2. The van der Waals surface area contributed by atoms with Crippen LogP contribution in [-0.2, 0) is 12.1 Å². The second-order valence-electron chi connectivity index (χ2n) is 3.96. The number of hydrogen-bond acceptors (Lipinski definition) is 4. The van der Waals surface area contributed by atoms with E-state index >= 15 is 0 Å². The molecular weight excluding hydrogens is 371 g/mol. The van der Waals surface area contributed by atoms with E-state index in [1.165, 1.54) is 6.26 Å². The van der Waals surface area contributed by atoms with Crippen LogP contribution in [0, 0.1) is 10.1 Å². The highest BCUT2D eigenvalue weighted by atomic mass is 35.5. The predicted octanol–water partition coefficient (Wildman–Crippen LogP) is 3.35. The number of rotatable bonds is 4. The third-order valence-corrected chi connectivity index (χ3v) is 3.24. The van der Waals surface area contributed by atoms with Gasteiger partial charge in [-0.1, -0.05) is 23.4 Å². The first-order chi connectivity index (χ1) is 10.5. The molecule has 0 aliphatic carbocycles. The molecule has 23 heavy (non-hydrogen) atoms. The third kappa shape index (κ3) is 5.46. The van der Waals surface area contributed by atoms with Crippen LogP contribution < -0.4 is 5.32 Å². The van der Waals surface area contributed by atoms with Gasteiger partial charge in [0.05, 0.1) is 22.2 Å². The highest BCUT2D eigenvalue weighted by Crippen LogP contribution is 2.36. The summed E-state index contributed by atoms with van der Waals surface area (Å²) in [5, 5.41) is 12.7. The van der Waals surface area contributed by atoms with Gasteiger partial charge in [0.25, 0.3) is 0 Å². The smallest absolute Gasteiger partial charge is 0.353 e. The Morgan fingerprint density at radius 3 is 2.52 bits per heavy atom. The Bertz CT molecular complexity index is 626. The molecule has 0 aliphatic heterocycles. The van der Waals surface area contributed by atoms with Crippen molar-refractivity contribution in [3.05, 3.63) is 38.7 Å². The summed E-state index contributed by atoms with van der Waals surface area (Å²) in [5.74, 6) is -3.77. The maximum Gasteiger partial charge on any atom is 0.417 e. The minimum atomic E-state index is -4.77. The van der Waals surface area contributed by atoms with Crippen molar-refractivity contribution in [1.29, 1.82) is 0 Å². The topological polar surface area (TPSA) is 80.4 Å². The molecule has 0 atom stereocenters. The predicted molar refractivity (Wildman–Crippen MR) is 74.1 cm³/mol. The average Bonchev–Trinajstić information content (AvgIpc) is 2.41. The number of amidine groups is 1. The van der Waals surface area contributed by atoms with Crippen LogP contribution in [0.3, 0.4) is 0 Å². The molecule has 0 unspecified atom stereocenters. The summed E-state index contributed by atoms with van der Waals surface area (Å²) < 4.78 is 65.2.